The number of Topliss-reactive ketones (excluding diaryl/α,β-unsaturated/α-hetero) is 1. The molecule has 0 saturated carbocycles. The Bertz CT molecular complexity index is 193. The number of carbonyl (C=O) groups excluding carboxylic acids is 2. The number of carbonyl (C=O) groups is 2. The largest absolute Gasteiger partial charge is 0.358 e. The van der Waals surface area contributed by atoms with Crippen molar-refractivity contribution in [2.24, 2.45) is 0 Å². The van der Waals surface area contributed by atoms with E-state index in [1.807, 2.05) is 4.90 Å². The van der Waals surface area contributed by atoms with Crippen molar-refractivity contribution in [1.29, 1.82) is 0 Å². The maximum atomic E-state index is 11.1. The number of ketones is 1. The highest BCUT2D eigenvalue weighted by Crippen LogP contribution is 1.94. The SMILES string of the molecule is CCCN(CCC(C)=O)CC(=O)NC. The Hall–Kier alpha value is -0.900. The predicted octanol–water partition coefficient (Wildman–Crippen LogP) is 0.424. The Balaban J connectivity index is 3.88. The standard InChI is InChI=1S/C10H20N2O2/c1-4-6-12(7-5-9(2)13)8-10(14)11-3/h4-8H2,1-3H3,(H,11,14). The summed E-state index contributed by atoms with van der Waals surface area (Å²) in [6.07, 6.45) is 1.52. The van der Waals surface area contributed by atoms with E-state index in [9.17, 15) is 9.59 Å². The molecule has 4 nitrogen and oxygen atoms in total. The van der Waals surface area contributed by atoms with Crippen LogP contribution in [-0.2, 0) is 9.59 Å². The van der Waals surface area contributed by atoms with Crippen LogP contribution in [0.3, 0.4) is 0 Å². The second kappa shape index (κ2) is 7.50. The number of likely N-dealkylation sites (N-methyl/N-ethyl adjacent to an activating group) is 1. The summed E-state index contributed by atoms with van der Waals surface area (Å²) in [5, 5.41) is 2.58. The fourth-order valence-electron chi connectivity index (χ4n) is 1.18. The quantitative estimate of drug-likeness (QED) is 0.648. The lowest BCUT2D eigenvalue weighted by atomic mass is 10.3. The molecule has 82 valence electrons. The van der Waals surface area contributed by atoms with Crippen LogP contribution >= 0.6 is 0 Å². The van der Waals surface area contributed by atoms with Crippen LogP contribution in [-0.4, -0.2) is 43.3 Å². The van der Waals surface area contributed by atoms with Crippen molar-refractivity contribution in [2.75, 3.05) is 26.7 Å². The molecule has 0 aromatic rings. The van der Waals surface area contributed by atoms with E-state index in [-0.39, 0.29) is 11.7 Å². The Morgan fingerprint density at radius 1 is 1.29 bits per heavy atom. The molecule has 0 aliphatic heterocycles. The van der Waals surface area contributed by atoms with Crippen molar-refractivity contribution in [3.05, 3.63) is 0 Å². The minimum atomic E-state index is 0.00185. The first-order valence-corrected chi connectivity index (χ1v) is 5.02. The van der Waals surface area contributed by atoms with E-state index in [0.29, 0.717) is 19.5 Å². The van der Waals surface area contributed by atoms with Crippen LogP contribution in [0.2, 0.25) is 0 Å². The van der Waals surface area contributed by atoms with E-state index >= 15 is 0 Å². The highest BCUT2D eigenvalue weighted by Gasteiger charge is 2.08. The first-order chi connectivity index (χ1) is 6.60. The molecule has 0 aromatic carbocycles. The molecule has 1 amide bonds. The van der Waals surface area contributed by atoms with Crippen molar-refractivity contribution in [3.8, 4) is 0 Å². The van der Waals surface area contributed by atoms with Crippen molar-refractivity contribution in [1.82, 2.24) is 10.2 Å². The molecule has 0 unspecified atom stereocenters. The second-order valence-electron chi connectivity index (χ2n) is 3.40. The lowest BCUT2D eigenvalue weighted by Crippen LogP contribution is -2.37. The van der Waals surface area contributed by atoms with Crippen LogP contribution in [0.25, 0.3) is 0 Å². The first-order valence-electron chi connectivity index (χ1n) is 5.02. The van der Waals surface area contributed by atoms with Crippen LogP contribution in [0.4, 0.5) is 0 Å². The van der Waals surface area contributed by atoms with E-state index in [2.05, 4.69) is 12.2 Å². The average Bonchev–Trinajstić information content (AvgIpc) is 2.14. The summed E-state index contributed by atoms with van der Waals surface area (Å²) in [6, 6.07) is 0. The molecule has 1 N–H and O–H groups in total. The van der Waals surface area contributed by atoms with Gasteiger partial charge in [0, 0.05) is 20.0 Å². The molecule has 0 saturated heterocycles. The fraction of sp³-hybridized carbons (Fsp3) is 0.800. The van der Waals surface area contributed by atoms with Crippen LogP contribution < -0.4 is 5.32 Å². The number of hydrogen-bond acceptors (Lipinski definition) is 3. The second-order valence-corrected chi connectivity index (χ2v) is 3.40. The van der Waals surface area contributed by atoms with Crippen molar-refractivity contribution < 1.29 is 9.59 Å². The maximum absolute atomic E-state index is 11.1. The van der Waals surface area contributed by atoms with Gasteiger partial charge >= 0.3 is 0 Å². The van der Waals surface area contributed by atoms with Crippen LogP contribution in [0.1, 0.15) is 26.7 Å². The molecule has 14 heavy (non-hydrogen) atoms. The number of amides is 1. The molecule has 0 aliphatic rings. The van der Waals surface area contributed by atoms with Gasteiger partial charge in [0.15, 0.2) is 0 Å². The number of rotatable bonds is 7. The van der Waals surface area contributed by atoms with Gasteiger partial charge in [-0.1, -0.05) is 6.92 Å². The van der Waals surface area contributed by atoms with Crippen molar-refractivity contribution >= 4 is 11.7 Å². The molecule has 0 fully saturated rings. The summed E-state index contributed by atoms with van der Waals surface area (Å²) in [6.45, 7) is 5.56. The Kier molecular flexibility index (Phi) is 7.02. The lowest BCUT2D eigenvalue weighted by molar-refractivity contribution is -0.122. The number of hydrogen-bond donors (Lipinski definition) is 1. The fourth-order valence-corrected chi connectivity index (χ4v) is 1.18. The molecule has 4 heteroatoms. The van der Waals surface area contributed by atoms with Gasteiger partial charge in [-0.15, -0.1) is 0 Å². The van der Waals surface area contributed by atoms with Crippen molar-refractivity contribution in [3.63, 3.8) is 0 Å². The Morgan fingerprint density at radius 3 is 2.36 bits per heavy atom. The topological polar surface area (TPSA) is 49.4 Å². The normalized spacial score (nSPS) is 10.3. The molecule has 0 aliphatic carbocycles. The maximum Gasteiger partial charge on any atom is 0.233 e. The summed E-state index contributed by atoms with van der Waals surface area (Å²) in [5.74, 6) is 0.171. The van der Waals surface area contributed by atoms with E-state index in [4.69, 9.17) is 0 Å². The van der Waals surface area contributed by atoms with Gasteiger partial charge in [-0.3, -0.25) is 14.5 Å². The molecular weight excluding hydrogens is 180 g/mol. The van der Waals surface area contributed by atoms with E-state index < -0.39 is 0 Å². The number of nitrogens with one attached hydrogen (secondary N) is 1. The molecule has 0 radical (unpaired) electrons. The monoisotopic (exact) mass is 200 g/mol. The minimum absolute atomic E-state index is 0.00185. The van der Waals surface area contributed by atoms with Crippen LogP contribution in [0.15, 0.2) is 0 Å². The Labute approximate surface area is 85.7 Å². The summed E-state index contributed by atoms with van der Waals surface area (Å²) in [4.78, 5) is 23.9. The summed E-state index contributed by atoms with van der Waals surface area (Å²) >= 11 is 0. The van der Waals surface area contributed by atoms with Gasteiger partial charge in [0.1, 0.15) is 5.78 Å². The van der Waals surface area contributed by atoms with Crippen LogP contribution in [0.5, 0.6) is 0 Å². The van der Waals surface area contributed by atoms with Gasteiger partial charge in [0.2, 0.25) is 5.91 Å². The van der Waals surface area contributed by atoms with Gasteiger partial charge in [-0.2, -0.15) is 0 Å². The average molecular weight is 200 g/mol. The zero-order chi connectivity index (χ0) is 11.0. The molecule has 0 atom stereocenters. The smallest absolute Gasteiger partial charge is 0.233 e. The summed E-state index contributed by atoms with van der Waals surface area (Å²) < 4.78 is 0. The van der Waals surface area contributed by atoms with Gasteiger partial charge < -0.3 is 5.32 Å². The van der Waals surface area contributed by atoms with Gasteiger partial charge in [-0.25, -0.2) is 0 Å². The highest BCUT2D eigenvalue weighted by atomic mass is 16.2. The molecular formula is C10H20N2O2. The zero-order valence-corrected chi connectivity index (χ0v) is 9.30. The molecule has 0 bridgehead atoms. The third kappa shape index (κ3) is 6.60. The zero-order valence-electron chi connectivity index (χ0n) is 9.30. The van der Waals surface area contributed by atoms with E-state index in [1.165, 1.54) is 0 Å². The summed E-state index contributed by atoms with van der Waals surface area (Å²) in [5.41, 5.74) is 0. The predicted molar refractivity (Wildman–Crippen MR) is 56.1 cm³/mol. The number of nitrogens with zero attached hydrogens (tertiary/aromatic N) is 1. The minimum Gasteiger partial charge on any atom is -0.358 e. The molecule has 0 aromatic heterocycles. The lowest BCUT2D eigenvalue weighted by Gasteiger charge is -2.19. The van der Waals surface area contributed by atoms with Gasteiger partial charge in [-0.05, 0) is 19.9 Å². The third-order valence-electron chi connectivity index (χ3n) is 1.97. The van der Waals surface area contributed by atoms with Crippen molar-refractivity contribution in [2.45, 2.75) is 26.7 Å². The van der Waals surface area contributed by atoms with Gasteiger partial charge in [0.25, 0.3) is 0 Å². The van der Waals surface area contributed by atoms with Gasteiger partial charge in [0.05, 0.1) is 6.54 Å². The third-order valence-corrected chi connectivity index (χ3v) is 1.97. The Morgan fingerprint density at radius 2 is 1.93 bits per heavy atom. The van der Waals surface area contributed by atoms with Crippen LogP contribution in [0, 0.1) is 0 Å². The summed E-state index contributed by atoms with van der Waals surface area (Å²) in [7, 11) is 1.62. The van der Waals surface area contributed by atoms with E-state index in [0.717, 1.165) is 13.0 Å². The highest BCUT2D eigenvalue weighted by molar-refractivity contribution is 5.78. The molecule has 0 rings (SSSR count). The molecule has 0 spiro atoms. The first kappa shape index (κ1) is 13.1. The molecule has 0 heterocycles. The van der Waals surface area contributed by atoms with E-state index in [1.54, 1.807) is 14.0 Å².